The maximum absolute atomic E-state index is 11.3. The number of hydrogen-bond donors (Lipinski definition) is 2. The fourth-order valence-corrected chi connectivity index (χ4v) is 2.86. The van der Waals surface area contributed by atoms with Gasteiger partial charge in [-0.2, -0.15) is 0 Å². The largest absolute Gasteiger partial charge is 0.369 e. The number of carbonyl (C=O) groups is 1. The molecule has 4 nitrogen and oxygen atoms in total. The maximum Gasteiger partial charge on any atom is 0.220 e. The van der Waals surface area contributed by atoms with Gasteiger partial charge < -0.3 is 15.5 Å². The third-order valence-corrected chi connectivity index (χ3v) is 3.84. The van der Waals surface area contributed by atoms with E-state index in [1.807, 2.05) is 6.07 Å². The zero-order valence-electron chi connectivity index (χ0n) is 10.4. The van der Waals surface area contributed by atoms with Crippen LogP contribution in [0.3, 0.4) is 0 Å². The van der Waals surface area contributed by atoms with Crippen LogP contribution in [0.1, 0.15) is 12.8 Å². The van der Waals surface area contributed by atoms with Crippen molar-refractivity contribution in [1.29, 1.82) is 0 Å². The van der Waals surface area contributed by atoms with Crippen LogP contribution >= 0.6 is 0 Å². The Morgan fingerprint density at radius 3 is 2.72 bits per heavy atom. The molecule has 2 saturated heterocycles. The van der Waals surface area contributed by atoms with Crippen LogP contribution in [0.2, 0.25) is 0 Å². The minimum absolute atomic E-state index is 0.193. The topological polar surface area (TPSA) is 44.4 Å². The maximum atomic E-state index is 11.3. The molecule has 1 amide bonds. The first kappa shape index (κ1) is 11.5. The summed E-state index contributed by atoms with van der Waals surface area (Å²) in [6.07, 6.45) is 1.63. The van der Waals surface area contributed by atoms with Gasteiger partial charge in [0.1, 0.15) is 0 Å². The zero-order valence-corrected chi connectivity index (χ0v) is 10.4. The molecule has 2 N–H and O–H groups in total. The summed E-state index contributed by atoms with van der Waals surface area (Å²) in [6, 6.07) is 11.1. The van der Waals surface area contributed by atoms with E-state index in [1.165, 1.54) is 5.69 Å². The second kappa shape index (κ2) is 4.98. The zero-order chi connectivity index (χ0) is 12.4. The van der Waals surface area contributed by atoms with Gasteiger partial charge in [0.2, 0.25) is 5.91 Å². The van der Waals surface area contributed by atoms with Gasteiger partial charge >= 0.3 is 0 Å². The molecule has 2 fully saturated rings. The van der Waals surface area contributed by atoms with E-state index < -0.39 is 0 Å². The number of para-hydroxylation sites is 1. The van der Waals surface area contributed by atoms with Crippen molar-refractivity contribution in [2.24, 2.45) is 0 Å². The summed E-state index contributed by atoms with van der Waals surface area (Å²) in [5, 5.41) is 6.59. The highest BCUT2D eigenvalue weighted by molar-refractivity contribution is 5.78. The van der Waals surface area contributed by atoms with E-state index in [9.17, 15) is 4.79 Å². The number of hydrogen-bond acceptors (Lipinski definition) is 3. The fourth-order valence-electron chi connectivity index (χ4n) is 2.86. The first-order chi connectivity index (χ1) is 8.83. The van der Waals surface area contributed by atoms with Gasteiger partial charge in [0, 0.05) is 43.8 Å². The third kappa shape index (κ3) is 2.34. The Morgan fingerprint density at radius 2 is 2.00 bits per heavy atom. The standard InChI is InChI=1S/C14H19N3O/c18-14-7-6-12(16-14)13-10-17(9-8-15-13)11-4-2-1-3-5-11/h1-5,12-13,15H,6-10H2,(H,16,18). The van der Waals surface area contributed by atoms with Crippen LogP contribution in [-0.2, 0) is 4.79 Å². The molecule has 0 aliphatic carbocycles. The van der Waals surface area contributed by atoms with Crippen LogP contribution in [0.25, 0.3) is 0 Å². The SMILES string of the molecule is O=C1CCC(C2CN(c3ccccc3)CCN2)N1. The summed E-state index contributed by atoms with van der Waals surface area (Å²) >= 11 is 0. The van der Waals surface area contributed by atoms with Crippen molar-refractivity contribution in [3.63, 3.8) is 0 Å². The molecule has 0 radical (unpaired) electrons. The summed E-state index contributed by atoms with van der Waals surface area (Å²) in [4.78, 5) is 13.7. The molecule has 2 heterocycles. The lowest BCUT2D eigenvalue weighted by atomic mass is 10.0. The van der Waals surface area contributed by atoms with Crippen LogP contribution in [0.5, 0.6) is 0 Å². The average molecular weight is 245 g/mol. The summed E-state index contributed by atoms with van der Waals surface area (Å²) in [5.74, 6) is 0.193. The van der Waals surface area contributed by atoms with Crippen molar-refractivity contribution >= 4 is 11.6 Å². The Bertz CT molecular complexity index is 420. The number of nitrogens with zero attached hydrogens (tertiary/aromatic N) is 1. The minimum atomic E-state index is 0.193. The second-order valence-electron chi connectivity index (χ2n) is 5.05. The van der Waals surface area contributed by atoms with Crippen LogP contribution in [0, 0.1) is 0 Å². The van der Waals surface area contributed by atoms with Gasteiger partial charge in [0.05, 0.1) is 0 Å². The molecule has 4 heteroatoms. The fraction of sp³-hybridized carbons (Fsp3) is 0.500. The van der Waals surface area contributed by atoms with Gasteiger partial charge in [-0.3, -0.25) is 4.79 Å². The Morgan fingerprint density at radius 1 is 1.17 bits per heavy atom. The smallest absolute Gasteiger partial charge is 0.220 e. The predicted molar refractivity (Wildman–Crippen MR) is 71.6 cm³/mol. The Hall–Kier alpha value is -1.55. The van der Waals surface area contributed by atoms with Gasteiger partial charge in [0.15, 0.2) is 0 Å². The molecule has 2 aliphatic rings. The molecule has 18 heavy (non-hydrogen) atoms. The summed E-state index contributed by atoms with van der Waals surface area (Å²) < 4.78 is 0. The van der Waals surface area contributed by atoms with E-state index in [1.54, 1.807) is 0 Å². The van der Waals surface area contributed by atoms with Crippen molar-refractivity contribution in [1.82, 2.24) is 10.6 Å². The normalized spacial score (nSPS) is 28.2. The van der Waals surface area contributed by atoms with Gasteiger partial charge in [0.25, 0.3) is 0 Å². The Kier molecular flexibility index (Phi) is 3.19. The van der Waals surface area contributed by atoms with Crippen molar-refractivity contribution in [2.75, 3.05) is 24.5 Å². The molecule has 2 atom stereocenters. The highest BCUT2D eigenvalue weighted by atomic mass is 16.1. The molecule has 1 aromatic carbocycles. The van der Waals surface area contributed by atoms with E-state index in [0.717, 1.165) is 26.1 Å². The van der Waals surface area contributed by atoms with Gasteiger partial charge in [-0.05, 0) is 18.6 Å². The lowest BCUT2D eigenvalue weighted by Gasteiger charge is -2.37. The average Bonchev–Trinajstić information content (AvgIpc) is 2.87. The third-order valence-electron chi connectivity index (χ3n) is 3.84. The first-order valence-corrected chi connectivity index (χ1v) is 6.66. The molecular formula is C14H19N3O. The van der Waals surface area contributed by atoms with E-state index in [4.69, 9.17) is 0 Å². The van der Waals surface area contributed by atoms with E-state index in [-0.39, 0.29) is 5.91 Å². The molecule has 96 valence electrons. The van der Waals surface area contributed by atoms with Crippen LogP contribution in [-0.4, -0.2) is 37.6 Å². The molecule has 2 unspecified atom stereocenters. The quantitative estimate of drug-likeness (QED) is 0.808. The first-order valence-electron chi connectivity index (χ1n) is 6.66. The molecule has 0 spiro atoms. The van der Waals surface area contributed by atoms with Crippen molar-refractivity contribution in [2.45, 2.75) is 24.9 Å². The number of amides is 1. The summed E-state index contributed by atoms with van der Waals surface area (Å²) in [5.41, 5.74) is 1.27. The highest BCUT2D eigenvalue weighted by Crippen LogP contribution is 2.19. The van der Waals surface area contributed by atoms with Crippen LogP contribution < -0.4 is 15.5 Å². The van der Waals surface area contributed by atoms with Crippen LogP contribution in [0.4, 0.5) is 5.69 Å². The number of anilines is 1. The number of piperazine rings is 1. The molecule has 0 saturated carbocycles. The van der Waals surface area contributed by atoms with Crippen molar-refractivity contribution in [3.8, 4) is 0 Å². The number of carbonyl (C=O) groups excluding carboxylic acids is 1. The monoisotopic (exact) mass is 245 g/mol. The summed E-state index contributed by atoms with van der Waals surface area (Å²) in [7, 11) is 0. The Balaban J connectivity index is 1.67. The van der Waals surface area contributed by atoms with Crippen molar-refractivity contribution < 1.29 is 4.79 Å². The predicted octanol–water partition coefficient (Wildman–Crippen LogP) is 0.743. The molecule has 3 rings (SSSR count). The number of benzene rings is 1. The van der Waals surface area contributed by atoms with E-state index >= 15 is 0 Å². The Labute approximate surface area is 107 Å². The van der Waals surface area contributed by atoms with E-state index in [0.29, 0.717) is 18.5 Å². The molecule has 0 bridgehead atoms. The molecule has 2 aliphatic heterocycles. The van der Waals surface area contributed by atoms with Gasteiger partial charge in [-0.1, -0.05) is 18.2 Å². The van der Waals surface area contributed by atoms with E-state index in [2.05, 4.69) is 39.8 Å². The van der Waals surface area contributed by atoms with Gasteiger partial charge in [-0.15, -0.1) is 0 Å². The molecule has 1 aromatic rings. The minimum Gasteiger partial charge on any atom is -0.369 e. The van der Waals surface area contributed by atoms with Crippen LogP contribution in [0.15, 0.2) is 30.3 Å². The number of rotatable bonds is 2. The lowest BCUT2D eigenvalue weighted by molar-refractivity contribution is -0.119. The molecular weight excluding hydrogens is 226 g/mol. The second-order valence-corrected chi connectivity index (χ2v) is 5.05. The highest BCUT2D eigenvalue weighted by Gasteiger charge is 2.31. The molecule has 0 aromatic heterocycles. The lowest BCUT2D eigenvalue weighted by Crippen LogP contribution is -2.58. The summed E-state index contributed by atoms with van der Waals surface area (Å²) in [6.45, 7) is 2.97. The van der Waals surface area contributed by atoms with Crippen molar-refractivity contribution in [3.05, 3.63) is 30.3 Å². The van der Waals surface area contributed by atoms with Gasteiger partial charge in [-0.25, -0.2) is 0 Å². The number of nitrogens with one attached hydrogen (secondary N) is 2.